The van der Waals surface area contributed by atoms with E-state index in [0.29, 0.717) is 0 Å². The van der Waals surface area contributed by atoms with Crippen molar-refractivity contribution in [1.82, 2.24) is 15.2 Å². The van der Waals surface area contributed by atoms with E-state index in [9.17, 15) is 0 Å². The van der Waals surface area contributed by atoms with Crippen LogP contribution in [-0.2, 0) is 0 Å². The number of nitrogens with one attached hydrogen (secondary N) is 2. The number of hydrogen-bond acceptors (Lipinski definition) is 3. The largest absolute Gasteiger partial charge is 0.371 e. The maximum atomic E-state index is 4.35. The fourth-order valence-corrected chi connectivity index (χ4v) is 1.56. The second kappa shape index (κ2) is 2.73. The first-order valence-corrected chi connectivity index (χ1v) is 4.22. The molecule has 0 aliphatic carbocycles. The van der Waals surface area contributed by atoms with Crippen molar-refractivity contribution in [2.75, 3.05) is 12.4 Å². The van der Waals surface area contributed by atoms with Crippen LogP contribution in [0.25, 0.3) is 11.0 Å². The van der Waals surface area contributed by atoms with Crippen LogP contribution in [0.1, 0.15) is 11.3 Å². The molecule has 2 aromatic heterocycles. The summed E-state index contributed by atoms with van der Waals surface area (Å²) in [6.45, 7) is 4.04. The lowest BCUT2D eigenvalue weighted by Crippen LogP contribution is -1.90. The van der Waals surface area contributed by atoms with E-state index in [4.69, 9.17) is 0 Å². The fraction of sp³-hybridized carbons (Fsp3) is 0.333. The molecular weight excluding hydrogens is 164 g/mol. The van der Waals surface area contributed by atoms with Crippen LogP contribution >= 0.6 is 0 Å². The lowest BCUT2D eigenvalue weighted by Gasteiger charge is -1.99. The van der Waals surface area contributed by atoms with E-state index in [1.165, 1.54) is 5.56 Å². The standard InChI is InChI=1S/C9H12N4/c1-5-4-6(2)11-9-7(5)8(10-3)12-13-9/h4H,1-3H3,(H2,10,11,12,13). The molecule has 2 N–H and O–H groups in total. The number of aryl methyl sites for hydroxylation is 2. The van der Waals surface area contributed by atoms with Crippen LogP contribution < -0.4 is 5.32 Å². The van der Waals surface area contributed by atoms with Gasteiger partial charge in [0.1, 0.15) is 0 Å². The van der Waals surface area contributed by atoms with Gasteiger partial charge in [0.15, 0.2) is 11.5 Å². The Morgan fingerprint density at radius 1 is 1.38 bits per heavy atom. The van der Waals surface area contributed by atoms with E-state index in [-0.39, 0.29) is 0 Å². The second-order valence-corrected chi connectivity index (χ2v) is 3.13. The SMILES string of the molecule is CNc1n[nH]c2nc(C)cc(C)c12. The van der Waals surface area contributed by atoms with Crippen LogP contribution in [-0.4, -0.2) is 22.2 Å². The summed E-state index contributed by atoms with van der Waals surface area (Å²) in [7, 11) is 1.86. The summed E-state index contributed by atoms with van der Waals surface area (Å²) in [5.74, 6) is 0.861. The van der Waals surface area contributed by atoms with Gasteiger partial charge in [0.2, 0.25) is 0 Å². The zero-order chi connectivity index (χ0) is 9.42. The summed E-state index contributed by atoms with van der Waals surface area (Å²) in [4.78, 5) is 4.35. The van der Waals surface area contributed by atoms with E-state index >= 15 is 0 Å². The summed E-state index contributed by atoms with van der Waals surface area (Å²) >= 11 is 0. The van der Waals surface area contributed by atoms with Crippen molar-refractivity contribution in [1.29, 1.82) is 0 Å². The molecule has 0 saturated carbocycles. The van der Waals surface area contributed by atoms with Crippen molar-refractivity contribution in [2.45, 2.75) is 13.8 Å². The van der Waals surface area contributed by atoms with Crippen LogP contribution in [0.4, 0.5) is 5.82 Å². The molecule has 0 amide bonds. The molecule has 68 valence electrons. The summed E-state index contributed by atoms with van der Waals surface area (Å²) < 4.78 is 0. The third-order valence-corrected chi connectivity index (χ3v) is 2.09. The highest BCUT2D eigenvalue weighted by atomic mass is 15.2. The number of pyridine rings is 1. The Hall–Kier alpha value is -1.58. The molecule has 0 aromatic carbocycles. The van der Waals surface area contributed by atoms with Crippen LogP contribution in [0.15, 0.2) is 6.07 Å². The summed E-state index contributed by atoms with van der Waals surface area (Å²) in [6, 6.07) is 2.05. The molecule has 0 atom stereocenters. The first kappa shape index (κ1) is 8.04. The van der Waals surface area contributed by atoms with Crippen LogP contribution in [0, 0.1) is 13.8 Å². The van der Waals surface area contributed by atoms with Crippen LogP contribution in [0.5, 0.6) is 0 Å². The number of aromatic amines is 1. The smallest absolute Gasteiger partial charge is 0.157 e. The molecule has 0 saturated heterocycles. The van der Waals surface area contributed by atoms with E-state index in [1.807, 2.05) is 14.0 Å². The first-order chi connectivity index (χ1) is 6.22. The number of hydrogen-bond donors (Lipinski definition) is 2. The molecule has 0 aliphatic heterocycles. The Morgan fingerprint density at radius 3 is 2.85 bits per heavy atom. The minimum atomic E-state index is 0.849. The summed E-state index contributed by atoms with van der Waals surface area (Å²) in [5, 5.41) is 11.1. The third kappa shape index (κ3) is 1.14. The van der Waals surface area contributed by atoms with E-state index in [1.54, 1.807) is 0 Å². The average Bonchev–Trinajstić information content (AvgIpc) is 2.47. The highest BCUT2D eigenvalue weighted by Crippen LogP contribution is 2.22. The van der Waals surface area contributed by atoms with Crippen molar-refractivity contribution in [3.05, 3.63) is 17.3 Å². The molecule has 0 bridgehead atoms. The number of aromatic nitrogens is 3. The number of anilines is 1. The van der Waals surface area contributed by atoms with Gasteiger partial charge in [-0.25, -0.2) is 4.98 Å². The van der Waals surface area contributed by atoms with Crippen molar-refractivity contribution in [2.24, 2.45) is 0 Å². The minimum Gasteiger partial charge on any atom is -0.371 e. The Balaban J connectivity index is 2.82. The maximum absolute atomic E-state index is 4.35. The van der Waals surface area contributed by atoms with Gasteiger partial charge in [0.25, 0.3) is 0 Å². The number of fused-ring (bicyclic) bond motifs is 1. The third-order valence-electron chi connectivity index (χ3n) is 2.09. The molecule has 0 aliphatic rings. The quantitative estimate of drug-likeness (QED) is 0.694. The van der Waals surface area contributed by atoms with Gasteiger partial charge in [-0.05, 0) is 25.5 Å². The lowest BCUT2D eigenvalue weighted by atomic mass is 10.2. The molecule has 13 heavy (non-hydrogen) atoms. The van der Waals surface area contributed by atoms with E-state index in [2.05, 4.69) is 33.5 Å². The lowest BCUT2D eigenvalue weighted by molar-refractivity contribution is 1.08. The predicted molar refractivity (Wildman–Crippen MR) is 52.9 cm³/mol. The second-order valence-electron chi connectivity index (χ2n) is 3.13. The number of rotatable bonds is 1. The maximum Gasteiger partial charge on any atom is 0.157 e. The van der Waals surface area contributed by atoms with Crippen LogP contribution in [0.3, 0.4) is 0 Å². The summed E-state index contributed by atoms with van der Waals surface area (Å²) in [6.07, 6.45) is 0. The van der Waals surface area contributed by atoms with Gasteiger partial charge in [-0.15, -0.1) is 0 Å². The molecule has 0 spiro atoms. The summed E-state index contributed by atoms with van der Waals surface area (Å²) in [5.41, 5.74) is 3.05. The molecule has 4 heteroatoms. The minimum absolute atomic E-state index is 0.849. The molecule has 2 heterocycles. The van der Waals surface area contributed by atoms with Gasteiger partial charge >= 0.3 is 0 Å². The first-order valence-electron chi connectivity index (χ1n) is 4.22. The molecule has 2 aromatic rings. The van der Waals surface area contributed by atoms with Crippen molar-refractivity contribution < 1.29 is 0 Å². The van der Waals surface area contributed by atoms with Gasteiger partial charge in [-0.3, -0.25) is 5.10 Å². The molecule has 0 unspecified atom stereocenters. The number of H-pyrrole nitrogens is 1. The van der Waals surface area contributed by atoms with Gasteiger partial charge in [-0.2, -0.15) is 5.10 Å². The highest BCUT2D eigenvalue weighted by molar-refractivity contribution is 5.90. The Kier molecular flexibility index (Phi) is 1.69. The van der Waals surface area contributed by atoms with Gasteiger partial charge in [0, 0.05) is 12.7 Å². The van der Waals surface area contributed by atoms with Gasteiger partial charge in [-0.1, -0.05) is 0 Å². The molecular formula is C9H12N4. The molecule has 0 radical (unpaired) electrons. The average molecular weight is 176 g/mol. The van der Waals surface area contributed by atoms with Gasteiger partial charge in [0.05, 0.1) is 5.39 Å². The van der Waals surface area contributed by atoms with E-state index in [0.717, 1.165) is 22.5 Å². The Bertz CT molecular complexity index is 444. The normalized spacial score (nSPS) is 10.7. The topological polar surface area (TPSA) is 53.6 Å². The van der Waals surface area contributed by atoms with Crippen molar-refractivity contribution in [3.8, 4) is 0 Å². The predicted octanol–water partition coefficient (Wildman–Crippen LogP) is 1.62. The van der Waals surface area contributed by atoms with Crippen molar-refractivity contribution >= 4 is 16.9 Å². The zero-order valence-corrected chi connectivity index (χ0v) is 7.97. The monoisotopic (exact) mass is 176 g/mol. The highest BCUT2D eigenvalue weighted by Gasteiger charge is 2.07. The van der Waals surface area contributed by atoms with Crippen LogP contribution in [0.2, 0.25) is 0 Å². The fourth-order valence-electron chi connectivity index (χ4n) is 1.56. The number of nitrogens with zero attached hydrogens (tertiary/aromatic N) is 2. The molecule has 4 nitrogen and oxygen atoms in total. The van der Waals surface area contributed by atoms with Gasteiger partial charge < -0.3 is 5.32 Å². The molecule has 0 fully saturated rings. The van der Waals surface area contributed by atoms with Crippen molar-refractivity contribution in [3.63, 3.8) is 0 Å². The Morgan fingerprint density at radius 2 is 2.15 bits per heavy atom. The molecule has 2 rings (SSSR count). The van der Waals surface area contributed by atoms with E-state index < -0.39 is 0 Å². The Labute approximate surface area is 76.4 Å². The zero-order valence-electron chi connectivity index (χ0n) is 7.97.